The van der Waals surface area contributed by atoms with Crippen molar-refractivity contribution in [2.75, 3.05) is 33.7 Å². The van der Waals surface area contributed by atoms with Gasteiger partial charge in [0, 0.05) is 12.6 Å². The molecule has 1 heterocycles. The van der Waals surface area contributed by atoms with E-state index in [1.807, 2.05) is 11.9 Å². The van der Waals surface area contributed by atoms with Crippen molar-refractivity contribution in [2.24, 2.45) is 0 Å². The highest BCUT2D eigenvalue weighted by atomic mass is 16.4. The van der Waals surface area contributed by atoms with E-state index >= 15 is 0 Å². The Morgan fingerprint density at radius 2 is 2.42 bits per heavy atom. The van der Waals surface area contributed by atoms with Gasteiger partial charge in [-0.25, -0.2) is 0 Å². The van der Waals surface area contributed by atoms with Gasteiger partial charge in [0.2, 0.25) is 0 Å². The molecule has 1 aliphatic rings. The molecule has 1 aliphatic heterocycles. The van der Waals surface area contributed by atoms with Gasteiger partial charge in [-0.2, -0.15) is 0 Å². The molecule has 1 N–H and O–H groups in total. The Morgan fingerprint density at radius 1 is 1.75 bits per heavy atom. The largest absolute Gasteiger partial charge is 0.480 e. The van der Waals surface area contributed by atoms with Crippen LogP contribution in [0.3, 0.4) is 0 Å². The molecule has 70 valence electrons. The standard InChI is InChI=1S/C8H16N2O2/c1-9-4-3-7(5-9)10(2)6-8(11)12/h7H,3-6H2,1-2H3,(H,11,12)/t7-/m0/s1. The Hall–Kier alpha value is -0.610. The van der Waals surface area contributed by atoms with E-state index in [1.165, 1.54) is 0 Å². The highest BCUT2D eigenvalue weighted by Crippen LogP contribution is 2.11. The second kappa shape index (κ2) is 3.87. The van der Waals surface area contributed by atoms with E-state index in [0.29, 0.717) is 6.04 Å². The SMILES string of the molecule is CN1CC[C@H](N(C)CC(=O)O)C1. The predicted octanol–water partition coefficient (Wildman–Crippen LogP) is -0.293. The Bertz CT molecular complexity index is 172. The molecule has 0 amide bonds. The monoisotopic (exact) mass is 172 g/mol. The quantitative estimate of drug-likeness (QED) is 0.635. The van der Waals surface area contributed by atoms with Crippen LogP contribution >= 0.6 is 0 Å². The molecule has 0 aromatic carbocycles. The molecule has 4 nitrogen and oxygen atoms in total. The molecule has 1 atom stereocenters. The maximum Gasteiger partial charge on any atom is 0.317 e. The fourth-order valence-electron chi connectivity index (χ4n) is 1.61. The van der Waals surface area contributed by atoms with E-state index in [0.717, 1.165) is 19.5 Å². The zero-order valence-electron chi connectivity index (χ0n) is 7.66. The molecule has 1 fully saturated rings. The average Bonchev–Trinajstić information content (AvgIpc) is 2.34. The van der Waals surface area contributed by atoms with E-state index < -0.39 is 5.97 Å². The van der Waals surface area contributed by atoms with Crippen molar-refractivity contribution in [1.82, 2.24) is 9.80 Å². The van der Waals surface area contributed by atoms with Gasteiger partial charge < -0.3 is 10.0 Å². The molecule has 0 aromatic rings. The summed E-state index contributed by atoms with van der Waals surface area (Å²) in [7, 11) is 3.94. The summed E-state index contributed by atoms with van der Waals surface area (Å²) in [5.41, 5.74) is 0. The number of carboxylic acids is 1. The van der Waals surface area contributed by atoms with E-state index in [2.05, 4.69) is 11.9 Å². The second-order valence-corrected chi connectivity index (χ2v) is 3.51. The zero-order chi connectivity index (χ0) is 9.14. The Balaban J connectivity index is 2.32. The Kier molecular flexibility index (Phi) is 3.05. The fraction of sp³-hybridized carbons (Fsp3) is 0.875. The molecule has 4 heteroatoms. The van der Waals surface area contributed by atoms with Gasteiger partial charge in [0.1, 0.15) is 0 Å². The summed E-state index contributed by atoms with van der Waals surface area (Å²) in [4.78, 5) is 14.5. The smallest absolute Gasteiger partial charge is 0.317 e. The predicted molar refractivity (Wildman–Crippen MR) is 46.2 cm³/mol. The van der Waals surface area contributed by atoms with Gasteiger partial charge in [-0.1, -0.05) is 0 Å². The van der Waals surface area contributed by atoms with Crippen molar-refractivity contribution in [1.29, 1.82) is 0 Å². The number of carboxylic acid groups (broad SMARTS) is 1. The summed E-state index contributed by atoms with van der Waals surface area (Å²) < 4.78 is 0. The number of hydrogen-bond donors (Lipinski definition) is 1. The summed E-state index contributed by atoms with van der Waals surface area (Å²) in [6, 6.07) is 0.422. The molecular formula is C8H16N2O2. The van der Waals surface area contributed by atoms with Gasteiger partial charge in [-0.15, -0.1) is 0 Å². The fourth-order valence-corrected chi connectivity index (χ4v) is 1.61. The molecule has 0 radical (unpaired) electrons. The van der Waals surface area contributed by atoms with Crippen LogP contribution in [0.2, 0.25) is 0 Å². The van der Waals surface area contributed by atoms with Crippen LogP contribution in [0.5, 0.6) is 0 Å². The average molecular weight is 172 g/mol. The van der Waals surface area contributed by atoms with Crippen LogP contribution in [0.25, 0.3) is 0 Å². The summed E-state index contributed by atoms with van der Waals surface area (Å²) in [6.45, 7) is 2.22. The highest BCUT2D eigenvalue weighted by Gasteiger charge is 2.23. The minimum atomic E-state index is -0.743. The molecule has 0 unspecified atom stereocenters. The lowest BCUT2D eigenvalue weighted by atomic mass is 10.2. The minimum absolute atomic E-state index is 0.151. The van der Waals surface area contributed by atoms with Gasteiger partial charge in [0.25, 0.3) is 0 Å². The van der Waals surface area contributed by atoms with Gasteiger partial charge in [-0.3, -0.25) is 9.69 Å². The zero-order valence-corrected chi connectivity index (χ0v) is 7.66. The summed E-state index contributed by atoms with van der Waals surface area (Å²) in [6.07, 6.45) is 1.08. The molecule has 0 bridgehead atoms. The van der Waals surface area contributed by atoms with Crippen LogP contribution < -0.4 is 0 Å². The third kappa shape index (κ3) is 2.46. The third-order valence-electron chi connectivity index (χ3n) is 2.37. The lowest BCUT2D eigenvalue weighted by molar-refractivity contribution is -0.138. The summed E-state index contributed by atoms with van der Waals surface area (Å²) >= 11 is 0. The van der Waals surface area contributed by atoms with Crippen molar-refractivity contribution in [3.05, 3.63) is 0 Å². The molecular weight excluding hydrogens is 156 g/mol. The van der Waals surface area contributed by atoms with Gasteiger partial charge in [0.05, 0.1) is 6.54 Å². The Morgan fingerprint density at radius 3 is 2.83 bits per heavy atom. The molecule has 1 saturated heterocycles. The first-order valence-electron chi connectivity index (χ1n) is 4.20. The van der Waals surface area contributed by atoms with Crippen molar-refractivity contribution in [3.8, 4) is 0 Å². The van der Waals surface area contributed by atoms with Gasteiger partial charge in [0.15, 0.2) is 0 Å². The van der Waals surface area contributed by atoms with Crippen molar-refractivity contribution >= 4 is 5.97 Å². The maximum atomic E-state index is 10.4. The number of likely N-dealkylation sites (tertiary alicyclic amines) is 1. The summed E-state index contributed by atoms with van der Waals surface area (Å²) in [5.74, 6) is -0.743. The van der Waals surface area contributed by atoms with Crippen LogP contribution in [0.1, 0.15) is 6.42 Å². The van der Waals surface area contributed by atoms with Gasteiger partial charge >= 0.3 is 5.97 Å². The van der Waals surface area contributed by atoms with Crippen LogP contribution in [0.15, 0.2) is 0 Å². The van der Waals surface area contributed by atoms with E-state index in [4.69, 9.17) is 5.11 Å². The first-order chi connectivity index (χ1) is 5.59. The molecule has 12 heavy (non-hydrogen) atoms. The second-order valence-electron chi connectivity index (χ2n) is 3.51. The molecule has 0 aromatic heterocycles. The first kappa shape index (κ1) is 9.48. The topological polar surface area (TPSA) is 43.8 Å². The van der Waals surface area contributed by atoms with Crippen LogP contribution in [-0.4, -0.2) is 60.6 Å². The number of carbonyl (C=O) groups is 1. The van der Waals surface area contributed by atoms with E-state index in [-0.39, 0.29) is 6.54 Å². The number of aliphatic carboxylic acids is 1. The first-order valence-corrected chi connectivity index (χ1v) is 4.20. The molecule has 0 aliphatic carbocycles. The lowest BCUT2D eigenvalue weighted by Gasteiger charge is -2.21. The number of nitrogens with zero attached hydrogens (tertiary/aromatic N) is 2. The van der Waals surface area contributed by atoms with Crippen LogP contribution in [-0.2, 0) is 4.79 Å². The lowest BCUT2D eigenvalue weighted by Crippen LogP contribution is -2.37. The highest BCUT2D eigenvalue weighted by molar-refractivity contribution is 5.69. The van der Waals surface area contributed by atoms with Gasteiger partial charge in [-0.05, 0) is 27.1 Å². The van der Waals surface area contributed by atoms with Crippen molar-refractivity contribution in [3.63, 3.8) is 0 Å². The van der Waals surface area contributed by atoms with Crippen LogP contribution in [0, 0.1) is 0 Å². The minimum Gasteiger partial charge on any atom is -0.480 e. The molecule has 0 spiro atoms. The maximum absolute atomic E-state index is 10.4. The van der Waals surface area contributed by atoms with Crippen molar-refractivity contribution in [2.45, 2.75) is 12.5 Å². The summed E-state index contributed by atoms with van der Waals surface area (Å²) in [5, 5.41) is 8.55. The number of likely N-dealkylation sites (N-methyl/N-ethyl adjacent to an activating group) is 2. The number of hydrogen-bond acceptors (Lipinski definition) is 3. The van der Waals surface area contributed by atoms with Crippen LogP contribution in [0.4, 0.5) is 0 Å². The molecule has 1 rings (SSSR count). The van der Waals surface area contributed by atoms with Crippen molar-refractivity contribution < 1.29 is 9.90 Å². The molecule has 0 saturated carbocycles. The third-order valence-corrected chi connectivity index (χ3v) is 2.37. The normalized spacial score (nSPS) is 25.1. The van der Waals surface area contributed by atoms with E-state index in [1.54, 1.807) is 0 Å². The number of rotatable bonds is 3. The Labute approximate surface area is 72.8 Å². The van der Waals surface area contributed by atoms with E-state index in [9.17, 15) is 4.79 Å².